The third-order valence-electron chi connectivity index (χ3n) is 2.65. The molecule has 1 amide bonds. The number of carbonyl (C=O) groups excluding carboxylic acids is 1. The van der Waals surface area contributed by atoms with Crippen LogP contribution in [0.25, 0.3) is 0 Å². The quantitative estimate of drug-likeness (QED) is 0.795. The molecule has 0 unspecified atom stereocenters. The Bertz CT molecular complexity index is 526. The summed E-state index contributed by atoms with van der Waals surface area (Å²) in [5.41, 5.74) is -0.927. The molecule has 1 aromatic carbocycles. The van der Waals surface area contributed by atoms with Crippen LogP contribution in [-0.4, -0.2) is 19.9 Å². The molecular weight excluding hydrogens is 264 g/mol. The van der Waals surface area contributed by atoms with Gasteiger partial charge in [-0.3, -0.25) is 4.79 Å². The first-order chi connectivity index (χ1) is 8.00. The third-order valence-corrected chi connectivity index (χ3v) is 4.35. The van der Waals surface area contributed by atoms with Gasteiger partial charge in [0.2, 0.25) is 0 Å². The van der Waals surface area contributed by atoms with Gasteiger partial charge >= 0.3 is 0 Å². The van der Waals surface area contributed by atoms with Crippen molar-refractivity contribution in [2.45, 2.75) is 23.3 Å². The molecule has 2 rings (SSSR count). The van der Waals surface area contributed by atoms with E-state index < -0.39 is 21.5 Å². The number of nitrogens with one attached hydrogen (secondary N) is 2. The average molecular weight is 275 g/mol. The number of sulfonamides is 1. The zero-order valence-electron chi connectivity index (χ0n) is 8.81. The fourth-order valence-electron chi connectivity index (χ4n) is 1.37. The number of carbonyl (C=O) groups is 1. The Labute approximate surface area is 104 Å². The molecule has 5 nitrogen and oxygen atoms in total. The summed E-state index contributed by atoms with van der Waals surface area (Å²) in [5.74, 6) is -0.614. The smallest absolute Gasteiger partial charge is 0.264 e. The van der Waals surface area contributed by atoms with Crippen molar-refractivity contribution >= 4 is 27.7 Å². The third kappa shape index (κ3) is 2.43. The van der Waals surface area contributed by atoms with Crippen molar-refractivity contribution in [1.29, 1.82) is 0 Å². The number of hydrogen-bond donors (Lipinski definition) is 2. The zero-order valence-corrected chi connectivity index (χ0v) is 10.4. The highest BCUT2D eigenvalue weighted by molar-refractivity contribution is 7.90. The summed E-state index contributed by atoms with van der Waals surface area (Å²) in [6.07, 6.45) is 1.07. The molecule has 0 saturated heterocycles. The lowest BCUT2D eigenvalue weighted by atomic mass is 10.3. The fourth-order valence-corrected chi connectivity index (χ4v) is 2.72. The number of rotatable bonds is 4. The topological polar surface area (TPSA) is 75.3 Å². The molecule has 0 spiro atoms. The zero-order chi connectivity index (χ0) is 12.5. The van der Waals surface area contributed by atoms with Crippen LogP contribution >= 0.6 is 11.8 Å². The largest absolute Gasteiger partial charge is 0.272 e. The van der Waals surface area contributed by atoms with Crippen LogP contribution in [0.1, 0.15) is 12.8 Å². The van der Waals surface area contributed by atoms with E-state index in [1.165, 1.54) is 12.1 Å². The van der Waals surface area contributed by atoms with Gasteiger partial charge in [0.25, 0.3) is 15.9 Å². The van der Waals surface area contributed by atoms with Crippen molar-refractivity contribution in [3.05, 3.63) is 30.3 Å². The van der Waals surface area contributed by atoms with Crippen molar-refractivity contribution in [1.82, 2.24) is 9.56 Å². The summed E-state index contributed by atoms with van der Waals surface area (Å²) in [5, 5.41) is 0. The monoisotopic (exact) mass is 274 g/mol. The Kier molecular flexibility index (Phi) is 3.11. The summed E-state index contributed by atoms with van der Waals surface area (Å²) >= 11 is 5.42. The van der Waals surface area contributed by atoms with Gasteiger partial charge in [-0.2, -0.15) is 0 Å². The Balaban J connectivity index is 2.17. The van der Waals surface area contributed by atoms with Crippen LogP contribution in [0, 0.1) is 0 Å². The predicted octanol–water partition coefficient (Wildman–Crippen LogP) is 0.767. The predicted molar refractivity (Wildman–Crippen MR) is 62.7 cm³/mol. The Hall–Kier alpha value is -1.11. The van der Waals surface area contributed by atoms with Gasteiger partial charge in [0.1, 0.15) is 5.54 Å². The molecule has 1 fully saturated rings. The van der Waals surface area contributed by atoms with Crippen LogP contribution in [0.4, 0.5) is 0 Å². The first kappa shape index (κ1) is 12.3. The summed E-state index contributed by atoms with van der Waals surface area (Å²) in [4.78, 5) is 14.1. The minimum Gasteiger partial charge on any atom is -0.272 e. The second kappa shape index (κ2) is 4.29. The van der Waals surface area contributed by atoms with Crippen LogP contribution in [-0.2, 0) is 14.8 Å². The molecule has 0 aliphatic heterocycles. The molecule has 2 N–H and O–H groups in total. The van der Waals surface area contributed by atoms with Gasteiger partial charge in [0.15, 0.2) is 0 Å². The van der Waals surface area contributed by atoms with Crippen molar-refractivity contribution in [2.75, 3.05) is 0 Å². The van der Waals surface area contributed by atoms with Gasteiger partial charge in [0.05, 0.1) is 4.90 Å². The van der Waals surface area contributed by atoms with Crippen molar-refractivity contribution in [3.8, 4) is 0 Å². The maximum absolute atomic E-state index is 11.8. The highest BCUT2D eigenvalue weighted by Crippen LogP contribution is 2.36. The Morgan fingerprint density at radius 2 is 1.82 bits per heavy atom. The van der Waals surface area contributed by atoms with E-state index in [9.17, 15) is 13.2 Å². The molecule has 17 heavy (non-hydrogen) atoms. The molecule has 1 saturated carbocycles. The molecule has 7 heteroatoms. The normalized spacial score (nSPS) is 17.5. The van der Waals surface area contributed by atoms with Crippen LogP contribution in [0.15, 0.2) is 35.2 Å². The fraction of sp³-hybridized carbons (Fsp3) is 0.300. The number of hydrogen-bond acceptors (Lipinski definition) is 4. The van der Waals surface area contributed by atoms with E-state index in [4.69, 9.17) is 11.8 Å². The molecular formula is C10H11ClN2O3S. The molecule has 0 atom stereocenters. The number of amides is 1. The van der Waals surface area contributed by atoms with Crippen LogP contribution in [0.5, 0.6) is 0 Å². The number of benzene rings is 1. The van der Waals surface area contributed by atoms with E-state index in [1.807, 2.05) is 4.72 Å². The van der Waals surface area contributed by atoms with Gasteiger partial charge in [-0.25, -0.2) is 18.0 Å². The number of halogens is 1. The summed E-state index contributed by atoms with van der Waals surface area (Å²) in [7, 11) is -3.81. The SMILES string of the molecule is O=C(NS(=O)(=O)c1ccccc1)C1(NCl)CC1. The lowest BCUT2D eigenvalue weighted by molar-refractivity contribution is -0.121. The molecule has 1 aliphatic carbocycles. The first-order valence-electron chi connectivity index (χ1n) is 5.00. The van der Waals surface area contributed by atoms with Gasteiger partial charge in [0, 0.05) is 0 Å². The molecule has 0 heterocycles. The molecule has 0 radical (unpaired) electrons. The highest BCUT2D eigenvalue weighted by Gasteiger charge is 2.50. The average Bonchev–Trinajstić information content (AvgIpc) is 3.10. The van der Waals surface area contributed by atoms with Crippen LogP contribution < -0.4 is 9.56 Å². The standard InChI is InChI=1S/C10H11ClN2O3S/c11-13-10(6-7-10)9(14)12-17(15,16)8-4-2-1-3-5-8/h1-5,13H,6-7H2,(H,12,14). The molecule has 0 aromatic heterocycles. The minimum absolute atomic E-state index is 0.0544. The maximum Gasteiger partial charge on any atom is 0.264 e. The van der Waals surface area contributed by atoms with Crippen molar-refractivity contribution < 1.29 is 13.2 Å². The summed E-state index contributed by atoms with van der Waals surface area (Å²) in [6.45, 7) is 0. The minimum atomic E-state index is -3.81. The van der Waals surface area contributed by atoms with E-state index in [2.05, 4.69) is 4.84 Å². The molecule has 1 aliphatic rings. The second-order valence-corrected chi connectivity index (χ2v) is 5.80. The van der Waals surface area contributed by atoms with E-state index in [-0.39, 0.29) is 4.90 Å². The van der Waals surface area contributed by atoms with Gasteiger partial charge in [-0.05, 0) is 36.8 Å². The molecule has 0 bridgehead atoms. The van der Waals surface area contributed by atoms with Gasteiger partial charge < -0.3 is 0 Å². The lowest BCUT2D eigenvalue weighted by Gasteiger charge is -2.12. The van der Waals surface area contributed by atoms with Crippen LogP contribution in [0.2, 0.25) is 0 Å². The van der Waals surface area contributed by atoms with E-state index in [1.54, 1.807) is 18.2 Å². The second-order valence-electron chi connectivity index (χ2n) is 3.92. The highest BCUT2D eigenvalue weighted by atomic mass is 35.5. The van der Waals surface area contributed by atoms with Gasteiger partial charge in [-0.15, -0.1) is 0 Å². The molecule has 1 aromatic rings. The lowest BCUT2D eigenvalue weighted by Crippen LogP contribution is -2.45. The van der Waals surface area contributed by atoms with E-state index in [0.29, 0.717) is 12.8 Å². The van der Waals surface area contributed by atoms with Crippen molar-refractivity contribution in [2.24, 2.45) is 0 Å². The van der Waals surface area contributed by atoms with Crippen LogP contribution in [0.3, 0.4) is 0 Å². The van der Waals surface area contributed by atoms with Gasteiger partial charge in [-0.1, -0.05) is 18.2 Å². The van der Waals surface area contributed by atoms with Crippen molar-refractivity contribution in [3.63, 3.8) is 0 Å². The van der Waals surface area contributed by atoms with E-state index in [0.717, 1.165) is 0 Å². The maximum atomic E-state index is 11.8. The van der Waals surface area contributed by atoms with E-state index >= 15 is 0 Å². The molecule has 92 valence electrons. The summed E-state index contributed by atoms with van der Waals surface area (Å²) < 4.78 is 25.7. The Morgan fingerprint density at radius 1 is 1.24 bits per heavy atom. The summed E-state index contributed by atoms with van der Waals surface area (Å²) in [6, 6.07) is 7.72. The first-order valence-corrected chi connectivity index (χ1v) is 6.86. The Morgan fingerprint density at radius 3 is 2.29 bits per heavy atom.